The van der Waals surface area contributed by atoms with Gasteiger partial charge in [-0.25, -0.2) is 0 Å². The summed E-state index contributed by atoms with van der Waals surface area (Å²) in [7, 11) is 3.40. The van der Waals surface area contributed by atoms with Crippen LogP contribution in [0.5, 0.6) is 11.5 Å². The van der Waals surface area contributed by atoms with Gasteiger partial charge in [0, 0.05) is 17.5 Å². The predicted octanol–water partition coefficient (Wildman–Crippen LogP) is 2.35. The summed E-state index contributed by atoms with van der Waals surface area (Å²) in [5.41, 5.74) is 1.27. The van der Waals surface area contributed by atoms with Crippen molar-refractivity contribution in [1.82, 2.24) is 0 Å². The number of ether oxygens (including phenoxy) is 2. The number of benzene rings is 1. The molecule has 2 atom stereocenters. The first-order valence-electron chi connectivity index (χ1n) is 7.28. The zero-order valence-corrected chi connectivity index (χ0v) is 12.3. The molecule has 1 saturated carbocycles. The smallest absolute Gasteiger partial charge is 0.123 e. The lowest BCUT2D eigenvalue weighted by Crippen LogP contribution is -2.90. The van der Waals surface area contributed by atoms with Crippen LogP contribution in [0, 0.1) is 5.92 Å². The minimum Gasteiger partial charge on any atom is -0.497 e. The Morgan fingerprint density at radius 3 is 2.26 bits per heavy atom. The summed E-state index contributed by atoms with van der Waals surface area (Å²) in [6.45, 7) is 3.38. The molecule has 0 aliphatic heterocycles. The van der Waals surface area contributed by atoms with E-state index in [1.807, 2.05) is 6.07 Å². The van der Waals surface area contributed by atoms with Crippen molar-refractivity contribution >= 4 is 0 Å². The molecule has 0 heterocycles. The summed E-state index contributed by atoms with van der Waals surface area (Å²) in [4.78, 5) is 0. The van der Waals surface area contributed by atoms with Crippen molar-refractivity contribution in [3.05, 3.63) is 23.8 Å². The van der Waals surface area contributed by atoms with Crippen molar-refractivity contribution in [2.45, 2.75) is 45.2 Å². The van der Waals surface area contributed by atoms with Crippen molar-refractivity contribution in [3.63, 3.8) is 0 Å². The number of quaternary nitrogens is 1. The Hall–Kier alpha value is -1.22. The normalized spacial score (nSPS) is 23.1. The first-order valence-corrected chi connectivity index (χ1v) is 7.28. The van der Waals surface area contributed by atoms with E-state index in [-0.39, 0.29) is 0 Å². The predicted molar refractivity (Wildman–Crippen MR) is 76.6 cm³/mol. The van der Waals surface area contributed by atoms with Crippen LogP contribution >= 0.6 is 0 Å². The molecule has 1 aromatic carbocycles. The highest BCUT2D eigenvalue weighted by Crippen LogP contribution is 2.23. The minimum atomic E-state index is 0.769. The summed E-state index contributed by atoms with van der Waals surface area (Å²) in [6, 6.07) is 6.90. The lowest BCUT2D eigenvalue weighted by molar-refractivity contribution is -0.712. The van der Waals surface area contributed by atoms with Crippen molar-refractivity contribution < 1.29 is 14.8 Å². The topological polar surface area (TPSA) is 35.1 Å². The third-order valence-corrected chi connectivity index (χ3v) is 4.25. The van der Waals surface area contributed by atoms with Gasteiger partial charge in [0.1, 0.15) is 18.0 Å². The van der Waals surface area contributed by atoms with Crippen molar-refractivity contribution in [2.24, 2.45) is 5.92 Å². The van der Waals surface area contributed by atoms with Gasteiger partial charge < -0.3 is 14.8 Å². The molecule has 0 radical (unpaired) electrons. The molecular weight excluding hydrogens is 238 g/mol. The zero-order valence-electron chi connectivity index (χ0n) is 12.3. The molecule has 0 unspecified atom stereocenters. The van der Waals surface area contributed by atoms with Gasteiger partial charge in [0.15, 0.2) is 0 Å². The van der Waals surface area contributed by atoms with Crippen LogP contribution in [-0.2, 0) is 6.54 Å². The third-order valence-electron chi connectivity index (χ3n) is 4.25. The highest BCUT2D eigenvalue weighted by molar-refractivity contribution is 5.38. The number of hydrogen-bond donors (Lipinski definition) is 1. The fourth-order valence-corrected chi connectivity index (χ4v) is 2.97. The van der Waals surface area contributed by atoms with Crippen molar-refractivity contribution in [2.75, 3.05) is 14.2 Å². The van der Waals surface area contributed by atoms with Crippen LogP contribution in [0.1, 0.15) is 38.2 Å². The molecule has 3 heteroatoms. The number of rotatable bonds is 5. The summed E-state index contributed by atoms with van der Waals surface area (Å²) in [6.07, 6.45) is 5.51. The fraction of sp³-hybridized carbons (Fsp3) is 0.625. The van der Waals surface area contributed by atoms with Crippen LogP contribution in [0.15, 0.2) is 18.2 Å². The molecule has 19 heavy (non-hydrogen) atoms. The lowest BCUT2D eigenvalue weighted by Gasteiger charge is -2.26. The largest absolute Gasteiger partial charge is 0.497 e. The van der Waals surface area contributed by atoms with E-state index in [4.69, 9.17) is 9.47 Å². The minimum absolute atomic E-state index is 0.769. The highest BCUT2D eigenvalue weighted by atomic mass is 16.5. The molecule has 3 nitrogen and oxygen atoms in total. The van der Waals surface area contributed by atoms with E-state index in [0.29, 0.717) is 0 Å². The molecule has 0 amide bonds. The third kappa shape index (κ3) is 3.87. The average molecular weight is 264 g/mol. The molecule has 2 N–H and O–H groups in total. The Balaban J connectivity index is 1.98. The van der Waals surface area contributed by atoms with E-state index in [1.54, 1.807) is 14.2 Å². The van der Waals surface area contributed by atoms with E-state index in [9.17, 15) is 0 Å². The molecule has 0 saturated heterocycles. The van der Waals surface area contributed by atoms with Crippen LogP contribution < -0.4 is 14.8 Å². The van der Waals surface area contributed by atoms with Gasteiger partial charge in [-0.05, 0) is 31.4 Å². The number of nitrogens with two attached hydrogens (primary N) is 1. The van der Waals surface area contributed by atoms with Gasteiger partial charge in [-0.3, -0.25) is 0 Å². The van der Waals surface area contributed by atoms with Crippen LogP contribution in [0.25, 0.3) is 0 Å². The molecule has 0 spiro atoms. The van der Waals surface area contributed by atoms with Gasteiger partial charge in [-0.1, -0.05) is 13.3 Å². The van der Waals surface area contributed by atoms with Crippen molar-refractivity contribution in [3.8, 4) is 11.5 Å². The number of hydrogen-bond acceptors (Lipinski definition) is 2. The zero-order chi connectivity index (χ0) is 13.7. The Kier molecular flexibility index (Phi) is 5.08. The summed E-state index contributed by atoms with van der Waals surface area (Å²) >= 11 is 0. The number of methoxy groups -OCH3 is 2. The summed E-state index contributed by atoms with van der Waals surface area (Å²) < 4.78 is 10.6. The van der Waals surface area contributed by atoms with Gasteiger partial charge in [-0.15, -0.1) is 0 Å². The molecule has 0 bridgehead atoms. The second kappa shape index (κ2) is 6.80. The maximum Gasteiger partial charge on any atom is 0.123 e. The summed E-state index contributed by atoms with van der Waals surface area (Å²) in [5.74, 6) is 2.58. The first-order chi connectivity index (χ1) is 9.22. The van der Waals surface area contributed by atoms with E-state index < -0.39 is 0 Å². The molecular formula is C16H26NO2+. The Morgan fingerprint density at radius 1 is 1.05 bits per heavy atom. The van der Waals surface area contributed by atoms with Gasteiger partial charge >= 0.3 is 0 Å². The Bertz CT molecular complexity index is 383. The maximum atomic E-state index is 5.32. The Labute approximate surface area is 116 Å². The van der Waals surface area contributed by atoms with Gasteiger partial charge in [-0.2, -0.15) is 0 Å². The van der Waals surface area contributed by atoms with E-state index in [2.05, 4.69) is 24.4 Å². The van der Waals surface area contributed by atoms with Crippen LogP contribution in [0.4, 0.5) is 0 Å². The standard InChI is InChI=1S/C16H25NO2/c1-12-6-4-5-7-16(12)17-11-13-8-14(18-2)10-15(9-13)19-3/h8-10,12,16-17H,4-7,11H2,1-3H3/p+1/t12-,16-/m1/s1. The molecule has 1 aliphatic rings. The second-order valence-corrected chi connectivity index (χ2v) is 5.59. The molecule has 0 aromatic heterocycles. The monoisotopic (exact) mass is 264 g/mol. The summed E-state index contributed by atoms with van der Waals surface area (Å²) in [5, 5.41) is 2.48. The van der Waals surface area contributed by atoms with E-state index in [1.165, 1.54) is 31.2 Å². The molecule has 1 fully saturated rings. The van der Waals surface area contributed by atoms with Gasteiger partial charge in [0.25, 0.3) is 0 Å². The van der Waals surface area contributed by atoms with Crippen LogP contribution in [0.2, 0.25) is 0 Å². The van der Waals surface area contributed by atoms with Crippen molar-refractivity contribution in [1.29, 1.82) is 0 Å². The SMILES string of the molecule is COc1cc(C[NH2+][C@@H]2CCCC[C@H]2C)cc(OC)c1. The van der Waals surface area contributed by atoms with Crippen LogP contribution in [-0.4, -0.2) is 20.3 Å². The van der Waals surface area contributed by atoms with Crippen LogP contribution in [0.3, 0.4) is 0 Å². The molecule has 1 aliphatic carbocycles. The first kappa shape index (κ1) is 14.2. The van der Waals surface area contributed by atoms with E-state index in [0.717, 1.165) is 30.0 Å². The maximum absolute atomic E-state index is 5.32. The lowest BCUT2D eigenvalue weighted by atomic mass is 9.86. The second-order valence-electron chi connectivity index (χ2n) is 5.59. The highest BCUT2D eigenvalue weighted by Gasteiger charge is 2.23. The quantitative estimate of drug-likeness (QED) is 0.886. The Morgan fingerprint density at radius 2 is 1.68 bits per heavy atom. The molecule has 2 rings (SSSR count). The van der Waals surface area contributed by atoms with E-state index >= 15 is 0 Å². The van der Waals surface area contributed by atoms with Gasteiger partial charge in [0.05, 0.1) is 20.3 Å². The van der Waals surface area contributed by atoms with Gasteiger partial charge in [0.2, 0.25) is 0 Å². The fourth-order valence-electron chi connectivity index (χ4n) is 2.97. The molecule has 1 aromatic rings. The molecule has 106 valence electrons. The average Bonchev–Trinajstić information content (AvgIpc) is 2.46.